The van der Waals surface area contributed by atoms with Gasteiger partial charge in [-0.25, -0.2) is 0 Å². The average Bonchev–Trinajstić information content (AvgIpc) is 2.94. The Hall–Kier alpha value is -0.580. The molecule has 0 N–H and O–H groups in total. The second kappa shape index (κ2) is 6.27. The first-order valence-electron chi connectivity index (χ1n) is 6.53. The minimum absolute atomic E-state index is 0.215. The molecule has 2 aromatic rings. The summed E-state index contributed by atoms with van der Waals surface area (Å²) in [6, 6.07) is 15.3. The lowest BCUT2D eigenvalue weighted by Gasteiger charge is -2.26. The molecule has 0 unspecified atom stereocenters. The Labute approximate surface area is 142 Å². The van der Waals surface area contributed by atoms with Gasteiger partial charge < -0.3 is 9.47 Å². The second-order valence-electron chi connectivity index (χ2n) is 4.84. The molecule has 0 radical (unpaired) electrons. The standard InChI is InChI=1S/C16H13BrCl2O2/c17-10-16(11-4-2-1-3-5-11)20-9-15(21-16)13-7-6-12(18)8-14(13)19/h1-8,15H,9-10H2/t15-,16+/m1/s1. The quantitative estimate of drug-likeness (QED) is 0.662. The predicted octanol–water partition coefficient (Wildman–Crippen LogP) is 5.33. The van der Waals surface area contributed by atoms with Crippen molar-refractivity contribution in [3.05, 3.63) is 69.7 Å². The monoisotopic (exact) mass is 386 g/mol. The third-order valence-corrected chi connectivity index (χ3v) is 4.80. The van der Waals surface area contributed by atoms with Crippen molar-refractivity contribution in [3.8, 4) is 0 Å². The van der Waals surface area contributed by atoms with E-state index >= 15 is 0 Å². The van der Waals surface area contributed by atoms with Crippen molar-refractivity contribution in [2.75, 3.05) is 11.9 Å². The zero-order chi connectivity index (χ0) is 14.9. The number of ether oxygens (including phenoxy) is 2. The van der Waals surface area contributed by atoms with Crippen LogP contribution >= 0.6 is 39.1 Å². The van der Waals surface area contributed by atoms with Gasteiger partial charge in [0.1, 0.15) is 6.10 Å². The highest BCUT2D eigenvalue weighted by molar-refractivity contribution is 9.09. The molecule has 1 fully saturated rings. The predicted molar refractivity (Wildman–Crippen MR) is 88.2 cm³/mol. The van der Waals surface area contributed by atoms with Crippen LogP contribution in [0.2, 0.25) is 10.0 Å². The van der Waals surface area contributed by atoms with E-state index in [-0.39, 0.29) is 6.10 Å². The van der Waals surface area contributed by atoms with Crippen molar-refractivity contribution >= 4 is 39.1 Å². The van der Waals surface area contributed by atoms with E-state index in [2.05, 4.69) is 15.9 Å². The summed E-state index contributed by atoms with van der Waals surface area (Å²) in [5, 5.41) is 1.75. The van der Waals surface area contributed by atoms with Crippen molar-refractivity contribution in [1.29, 1.82) is 0 Å². The van der Waals surface area contributed by atoms with E-state index in [0.29, 0.717) is 22.0 Å². The Kier molecular flexibility index (Phi) is 4.57. The summed E-state index contributed by atoms with van der Waals surface area (Å²) in [5.41, 5.74) is 1.87. The molecule has 21 heavy (non-hydrogen) atoms. The van der Waals surface area contributed by atoms with E-state index in [1.807, 2.05) is 42.5 Å². The molecule has 0 bridgehead atoms. The van der Waals surface area contributed by atoms with Crippen LogP contribution in [0.5, 0.6) is 0 Å². The number of hydrogen-bond acceptors (Lipinski definition) is 2. The van der Waals surface area contributed by atoms with Gasteiger partial charge in [0.25, 0.3) is 0 Å². The lowest BCUT2D eigenvalue weighted by atomic mass is 10.1. The molecule has 0 saturated carbocycles. The number of alkyl halides is 1. The first-order valence-corrected chi connectivity index (χ1v) is 8.40. The molecule has 0 spiro atoms. The van der Waals surface area contributed by atoms with Crippen LogP contribution in [0.3, 0.4) is 0 Å². The Morgan fingerprint density at radius 3 is 2.57 bits per heavy atom. The molecule has 1 heterocycles. The van der Waals surface area contributed by atoms with Crippen molar-refractivity contribution in [2.24, 2.45) is 0 Å². The highest BCUT2D eigenvalue weighted by Crippen LogP contribution is 2.43. The van der Waals surface area contributed by atoms with Crippen molar-refractivity contribution in [2.45, 2.75) is 11.9 Å². The molecule has 2 atom stereocenters. The van der Waals surface area contributed by atoms with Gasteiger partial charge in [0.05, 0.1) is 11.9 Å². The lowest BCUT2D eigenvalue weighted by molar-refractivity contribution is -0.157. The van der Waals surface area contributed by atoms with Gasteiger partial charge in [-0.15, -0.1) is 0 Å². The number of halogens is 3. The number of benzene rings is 2. The SMILES string of the molecule is Clc1ccc([C@H]2CO[C@](CBr)(c3ccccc3)O2)c(Cl)c1. The van der Waals surface area contributed by atoms with E-state index in [1.54, 1.807) is 6.07 Å². The van der Waals surface area contributed by atoms with Crippen LogP contribution in [0.15, 0.2) is 48.5 Å². The maximum Gasteiger partial charge on any atom is 0.205 e. The number of rotatable bonds is 3. The molecular formula is C16H13BrCl2O2. The third-order valence-electron chi connectivity index (χ3n) is 3.50. The maximum atomic E-state index is 6.26. The topological polar surface area (TPSA) is 18.5 Å². The molecule has 0 aromatic heterocycles. The van der Waals surface area contributed by atoms with E-state index < -0.39 is 5.79 Å². The van der Waals surface area contributed by atoms with Crippen LogP contribution in [-0.4, -0.2) is 11.9 Å². The molecular weight excluding hydrogens is 375 g/mol. The minimum Gasteiger partial charge on any atom is -0.342 e. The Morgan fingerprint density at radius 2 is 1.90 bits per heavy atom. The molecule has 1 aliphatic rings. The smallest absolute Gasteiger partial charge is 0.205 e. The molecule has 1 aliphatic heterocycles. The molecule has 1 saturated heterocycles. The summed E-state index contributed by atoms with van der Waals surface area (Å²) < 4.78 is 12.2. The van der Waals surface area contributed by atoms with E-state index in [4.69, 9.17) is 32.7 Å². The molecule has 3 rings (SSSR count). The summed E-state index contributed by atoms with van der Waals surface area (Å²) in [6.07, 6.45) is -0.215. The zero-order valence-electron chi connectivity index (χ0n) is 11.1. The van der Waals surface area contributed by atoms with Gasteiger partial charge in [0.15, 0.2) is 0 Å². The third kappa shape index (κ3) is 2.99. The minimum atomic E-state index is -0.783. The van der Waals surface area contributed by atoms with E-state index in [9.17, 15) is 0 Å². The van der Waals surface area contributed by atoms with Crippen LogP contribution < -0.4 is 0 Å². The van der Waals surface area contributed by atoms with Gasteiger partial charge in [-0.2, -0.15) is 0 Å². The van der Waals surface area contributed by atoms with Gasteiger partial charge in [-0.1, -0.05) is 75.5 Å². The molecule has 110 valence electrons. The van der Waals surface area contributed by atoms with Gasteiger partial charge >= 0.3 is 0 Å². The van der Waals surface area contributed by atoms with Gasteiger partial charge in [0.2, 0.25) is 5.79 Å². The van der Waals surface area contributed by atoms with Gasteiger partial charge in [-0.05, 0) is 12.1 Å². The summed E-state index contributed by atoms with van der Waals surface area (Å²) in [4.78, 5) is 0. The fourth-order valence-electron chi connectivity index (χ4n) is 2.41. The normalized spacial score (nSPS) is 25.2. The Balaban J connectivity index is 1.90. The fourth-order valence-corrected chi connectivity index (χ4v) is 3.56. The molecule has 2 aromatic carbocycles. The fraction of sp³-hybridized carbons (Fsp3) is 0.250. The highest BCUT2D eigenvalue weighted by Gasteiger charge is 2.43. The van der Waals surface area contributed by atoms with Gasteiger partial charge in [0, 0.05) is 21.2 Å². The highest BCUT2D eigenvalue weighted by atomic mass is 79.9. The molecule has 5 heteroatoms. The molecule has 2 nitrogen and oxygen atoms in total. The van der Waals surface area contributed by atoms with Crippen molar-refractivity contribution in [1.82, 2.24) is 0 Å². The van der Waals surface area contributed by atoms with Crippen LogP contribution in [0, 0.1) is 0 Å². The summed E-state index contributed by atoms with van der Waals surface area (Å²) >= 11 is 15.7. The van der Waals surface area contributed by atoms with E-state index in [1.165, 1.54) is 0 Å². The first-order chi connectivity index (χ1) is 10.1. The van der Waals surface area contributed by atoms with Crippen LogP contribution in [0.25, 0.3) is 0 Å². The van der Waals surface area contributed by atoms with Gasteiger partial charge in [-0.3, -0.25) is 0 Å². The zero-order valence-corrected chi connectivity index (χ0v) is 14.2. The van der Waals surface area contributed by atoms with Crippen LogP contribution in [0.1, 0.15) is 17.2 Å². The second-order valence-corrected chi connectivity index (χ2v) is 6.24. The summed E-state index contributed by atoms with van der Waals surface area (Å²) in [6.45, 7) is 0.446. The van der Waals surface area contributed by atoms with Crippen LogP contribution in [-0.2, 0) is 15.3 Å². The first kappa shape index (κ1) is 15.3. The maximum absolute atomic E-state index is 6.26. The number of hydrogen-bond donors (Lipinski definition) is 0. The summed E-state index contributed by atoms with van der Waals surface area (Å²) in [5.74, 6) is -0.783. The summed E-state index contributed by atoms with van der Waals surface area (Å²) in [7, 11) is 0. The van der Waals surface area contributed by atoms with Crippen LogP contribution in [0.4, 0.5) is 0 Å². The average molecular weight is 388 g/mol. The Bertz CT molecular complexity index is 635. The lowest BCUT2D eigenvalue weighted by Crippen LogP contribution is -2.29. The van der Waals surface area contributed by atoms with Crippen molar-refractivity contribution in [3.63, 3.8) is 0 Å². The van der Waals surface area contributed by atoms with E-state index in [0.717, 1.165) is 11.1 Å². The molecule has 0 aliphatic carbocycles. The molecule has 0 amide bonds. The Morgan fingerprint density at radius 1 is 1.14 bits per heavy atom. The van der Waals surface area contributed by atoms with Crippen molar-refractivity contribution < 1.29 is 9.47 Å². The largest absolute Gasteiger partial charge is 0.342 e.